The van der Waals surface area contributed by atoms with Crippen LogP contribution in [0.3, 0.4) is 0 Å². The zero-order valence-electron chi connectivity index (χ0n) is 19.1. The maximum atomic E-state index is 12.3. The number of hydrogen-bond donors (Lipinski definition) is 0. The topological polar surface area (TPSA) is 81.8 Å². The van der Waals surface area contributed by atoms with E-state index in [0.717, 1.165) is 40.8 Å². The molecule has 0 atom stereocenters. The Morgan fingerprint density at radius 1 is 1.00 bits per heavy atom. The van der Waals surface area contributed by atoms with Crippen molar-refractivity contribution in [2.45, 2.75) is 45.3 Å². The highest BCUT2D eigenvalue weighted by molar-refractivity contribution is 5.86. The lowest BCUT2D eigenvalue weighted by atomic mass is 10.1. The van der Waals surface area contributed by atoms with Gasteiger partial charge >= 0.3 is 6.09 Å². The van der Waals surface area contributed by atoms with Gasteiger partial charge in [-0.15, -0.1) is 10.2 Å². The van der Waals surface area contributed by atoms with Crippen LogP contribution in [0.15, 0.2) is 54.7 Å². The summed E-state index contributed by atoms with van der Waals surface area (Å²) in [5, 5.41) is 9.56. The van der Waals surface area contributed by atoms with Gasteiger partial charge in [-0.2, -0.15) is 0 Å². The number of pyridine rings is 2. The summed E-state index contributed by atoms with van der Waals surface area (Å²) in [7, 11) is 0. The lowest BCUT2D eigenvalue weighted by Gasteiger charge is -2.33. The van der Waals surface area contributed by atoms with Gasteiger partial charge in [0.25, 0.3) is 0 Å². The van der Waals surface area contributed by atoms with E-state index in [1.807, 2.05) is 79.9 Å². The van der Waals surface area contributed by atoms with Gasteiger partial charge in [0.1, 0.15) is 28.7 Å². The second kappa shape index (κ2) is 8.35. The van der Waals surface area contributed by atoms with Gasteiger partial charge < -0.3 is 14.4 Å². The third kappa shape index (κ3) is 4.46. The molecule has 0 radical (unpaired) electrons. The number of benzene rings is 1. The maximum Gasteiger partial charge on any atom is 0.410 e. The van der Waals surface area contributed by atoms with Gasteiger partial charge in [-0.25, -0.2) is 9.78 Å². The van der Waals surface area contributed by atoms with Crippen LogP contribution in [0.4, 0.5) is 4.79 Å². The van der Waals surface area contributed by atoms with Crippen LogP contribution in [0.1, 0.15) is 33.6 Å². The van der Waals surface area contributed by atoms with E-state index in [9.17, 15) is 4.79 Å². The van der Waals surface area contributed by atoms with Crippen molar-refractivity contribution >= 4 is 22.6 Å². The van der Waals surface area contributed by atoms with Crippen LogP contribution in [-0.4, -0.2) is 55.4 Å². The molecule has 0 bridgehead atoms. The summed E-state index contributed by atoms with van der Waals surface area (Å²) >= 11 is 0. The lowest BCUT2D eigenvalue weighted by molar-refractivity contribution is 0.0127. The first-order valence-corrected chi connectivity index (χ1v) is 11.2. The van der Waals surface area contributed by atoms with Crippen LogP contribution in [0.25, 0.3) is 28.1 Å². The number of para-hydroxylation sites is 1. The number of fused-ring (bicyclic) bond motifs is 2. The Labute approximate surface area is 192 Å². The number of carbonyl (C=O) groups excluding carboxylic acids is 1. The predicted molar refractivity (Wildman–Crippen MR) is 125 cm³/mol. The van der Waals surface area contributed by atoms with Crippen LogP contribution in [0.2, 0.25) is 0 Å². The number of ether oxygens (including phenoxy) is 2. The molecule has 0 aliphatic carbocycles. The predicted octanol–water partition coefficient (Wildman–Crippen LogP) is 4.72. The molecule has 3 aromatic heterocycles. The molecular weight excluding hydrogens is 418 g/mol. The third-order valence-corrected chi connectivity index (χ3v) is 5.61. The first kappa shape index (κ1) is 21.2. The smallest absolute Gasteiger partial charge is 0.410 e. The Balaban J connectivity index is 1.35. The number of hydrogen-bond acceptors (Lipinski definition) is 6. The van der Waals surface area contributed by atoms with Gasteiger partial charge in [-0.1, -0.05) is 24.3 Å². The number of piperidine rings is 1. The van der Waals surface area contributed by atoms with Gasteiger partial charge in [-0.05, 0) is 45.0 Å². The molecule has 0 unspecified atom stereocenters. The normalized spacial score (nSPS) is 15.2. The number of likely N-dealkylation sites (tertiary alicyclic amines) is 1. The van der Waals surface area contributed by atoms with E-state index in [1.54, 1.807) is 4.90 Å². The van der Waals surface area contributed by atoms with Crippen molar-refractivity contribution in [1.29, 1.82) is 0 Å². The van der Waals surface area contributed by atoms with Gasteiger partial charge in [-0.3, -0.25) is 4.40 Å². The van der Waals surface area contributed by atoms with Crippen molar-refractivity contribution in [3.8, 4) is 17.3 Å². The maximum absolute atomic E-state index is 12.3. The lowest BCUT2D eigenvalue weighted by Crippen LogP contribution is -2.44. The summed E-state index contributed by atoms with van der Waals surface area (Å²) in [6, 6.07) is 15.7. The Hall–Kier alpha value is -3.68. The average Bonchev–Trinajstić information content (AvgIpc) is 3.23. The summed E-state index contributed by atoms with van der Waals surface area (Å²) in [4.78, 5) is 19.0. The van der Waals surface area contributed by atoms with Crippen molar-refractivity contribution in [1.82, 2.24) is 24.5 Å². The molecule has 8 nitrogen and oxygen atoms in total. The van der Waals surface area contributed by atoms with E-state index >= 15 is 0 Å². The minimum absolute atomic E-state index is 0.00802. The first-order valence-electron chi connectivity index (χ1n) is 11.2. The molecule has 1 saturated heterocycles. The Morgan fingerprint density at radius 3 is 2.61 bits per heavy atom. The SMILES string of the molecule is CC(C)(C)OC(=O)N1CCC(Oc2cccc3ccc(-c4nnc5ccccn45)nc23)CC1. The highest BCUT2D eigenvalue weighted by atomic mass is 16.6. The molecule has 1 amide bonds. The Bertz CT molecular complexity index is 1300. The molecule has 1 aliphatic heterocycles. The fourth-order valence-corrected chi connectivity index (χ4v) is 4.02. The standard InChI is InChI=1S/C25H27N5O3/c1-25(2,3)33-24(31)29-15-12-18(13-16-29)32-20-8-6-7-17-10-11-19(26-22(17)20)23-28-27-21-9-4-5-14-30(21)23/h4-11,14,18H,12-13,15-16H2,1-3H3. The van der Waals surface area contributed by atoms with E-state index in [-0.39, 0.29) is 12.2 Å². The monoisotopic (exact) mass is 445 g/mol. The molecule has 170 valence electrons. The van der Waals surface area contributed by atoms with E-state index in [4.69, 9.17) is 14.5 Å². The molecule has 8 heteroatoms. The Morgan fingerprint density at radius 2 is 1.82 bits per heavy atom. The molecule has 0 spiro atoms. The van der Waals surface area contributed by atoms with Gasteiger partial charge in [0.05, 0.1) is 0 Å². The van der Waals surface area contributed by atoms with E-state index in [2.05, 4.69) is 10.2 Å². The number of amides is 1. The summed E-state index contributed by atoms with van der Waals surface area (Å²) in [5.74, 6) is 1.42. The van der Waals surface area contributed by atoms with Gasteiger partial charge in [0, 0.05) is 37.5 Å². The van der Waals surface area contributed by atoms with Crippen LogP contribution in [-0.2, 0) is 4.74 Å². The van der Waals surface area contributed by atoms with Crippen LogP contribution < -0.4 is 4.74 Å². The van der Waals surface area contributed by atoms with Crippen molar-refractivity contribution in [3.63, 3.8) is 0 Å². The summed E-state index contributed by atoms with van der Waals surface area (Å²) in [5.41, 5.74) is 1.80. The third-order valence-electron chi connectivity index (χ3n) is 5.61. The van der Waals surface area contributed by atoms with E-state index in [1.165, 1.54) is 0 Å². The van der Waals surface area contributed by atoms with Gasteiger partial charge in [0.15, 0.2) is 11.5 Å². The van der Waals surface area contributed by atoms with Crippen molar-refractivity contribution in [3.05, 3.63) is 54.7 Å². The number of rotatable bonds is 3. The molecule has 1 aromatic carbocycles. The molecular formula is C25H27N5O3. The fraction of sp³-hybridized carbons (Fsp3) is 0.360. The summed E-state index contributed by atoms with van der Waals surface area (Å²) < 4.78 is 13.8. The minimum Gasteiger partial charge on any atom is -0.488 e. The highest BCUT2D eigenvalue weighted by Crippen LogP contribution is 2.29. The molecule has 1 aliphatic rings. The van der Waals surface area contributed by atoms with Crippen LogP contribution in [0.5, 0.6) is 5.75 Å². The second-order valence-corrected chi connectivity index (χ2v) is 9.26. The summed E-state index contributed by atoms with van der Waals surface area (Å²) in [6.45, 7) is 6.85. The van der Waals surface area contributed by atoms with E-state index < -0.39 is 5.60 Å². The van der Waals surface area contributed by atoms with Crippen molar-refractivity contribution in [2.75, 3.05) is 13.1 Å². The van der Waals surface area contributed by atoms with Crippen LogP contribution in [0, 0.1) is 0 Å². The molecule has 0 N–H and O–H groups in total. The molecule has 1 fully saturated rings. The zero-order chi connectivity index (χ0) is 23.0. The highest BCUT2D eigenvalue weighted by Gasteiger charge is 2.28. The number of nitrogens with zero attached hydrogens (tertiary/aromatic N) is 5. The quantitative estimate of drug-likeness (QED) is 0.454. The molecule has 4 heterocycles. The number of carbonyl (C=O) groups is 1. The number of aromatic nitrogens is 4. The molecule has 0 saturated carbocycles. The first-order chi connectivity index (χ1) is 15.9. The molecule has 33 heavy (non-hydrogen) atoms. The fourth-order valence-electron chi connectivity index (χ4n) is 4.02. The minimum atomic E-state index is -0.494. The largest absolute Gasteiger partial charge is 0.488 e. The van der Waals surface area contributed by atoms with Crippen molar-refractivity contribution < 1.29 is 14.3 Å². The van der Waals surface area contributed by atoms with E-state index in [0.29, 0.717) is 18.9 Å². The van der Waals surface area contributed by atoms with Crippen molar-refractivity contribution in [2.24, 2.45) is 0 Å². The van der Waals surface area contributed by atoms with Crippen LogP contribution >= 0.6 is 0 Å². The zero-order valence-corrected chi connectivity index (χ0v) is 19.1. The molecule has 5 rings (SSSR count). The summed E-state index contributed by atoms with van der Waals surface area (Å²) in [6.07, 6.45) is 3.15. The average molecular weight is 446 g/mol. The Kier molecular flexibility index (Phi) is 5.36. The molecule has 4 aromatic rings. The second-order valence-electron chi connectivity index (χ2n) is 9.26. The van der Waals surface area contributed by atoms with Gasteiger partial charge in [0.2, 0.25) is 0 Å².